The molecule has 6 heteroatoms. The molecular formula is C13H13N3O3. The maximum atomic E-state index is 10.6. The van der Waals surface area contributed by atoms with Crippen LogP contribution in [0.15, 0.2) is 42.7 Å². The van der Waals surface area contributed by atoms with Gasteiger partial charge in [-0.3, -0.25) is 4.79 Å². The molecule has 0 radical (unpaired) electrons. The third-order valence-electron chi connectivity index (χ3n) is 2.45. The predicted molar refractivity (Wildman–Crippen MR) is 67.9 cm³/mol. The van der Waals surface area contributed by atoms with E-state index in [9.17, 15) is 4.79 Å². The molecule has 0 bridgehead atoms. The van der Waals surface area contributed by atoms with Gasteiger partial charge in [0.05, 0.1) is 0 Å². The van der Waals surface area contributed by atoms with Gasteiger partial charge in [0.1, 0.15) is 11.8 Å². The van der Waals surface area contributed by atoms with Crippen molar-refractivity contribution in [3.63, 3.8) is 0 Å². The van der Waals surface area contributed by atoms with Crippen LogP contribution in [0, 0.1) is 0 Å². The zero-order valence-corrected chi connectivity index (χ0v) is 10.1. The Morgan fingerprint density at radius 3 is 2.47 bits per heavy atom. The number of benzene rings is 1. The molecule has 1 heterocycles. The molecular weight excluding hydrogens is 246 g/mol. The summed E-state index contributed by atoms with van der Waals surface area (Å²) in [5.41, 5.74) is 6.29. The molecule has 1 unspecified atom stereocenters. The van der Waals surface area contributed by atoms with Gasteiger partial charge in [0.25, 0.3) is 0 Å². The molecule has 3 N–H and O–H groups in total. The highest BCUT2D eigenvalue weighted by Gasteiger charge is 2.11. The number of rotatable bonds is 5. The fourth-order valence-electron chi connectivity index (χ4n) is 1.48. The summed E-state index contributed by atoms with van der Waals surface area (Å²) in [7, 11) is 0. The minimum atomic E-state index is -1.02. The van der Waals surface area contributed by atoms with Crippen LogP contribution in [0.4, 0.5) is 0 Å². The lowest BCUT2D eigenvalue weighted by atomic mass is 10.1. The van der Waals surface area contributed by atoms with Crippen LogP contribution in [0.25, 0.3) is 0 Å². The second kappa shape index (κ2) is 5.92. The lowest BCUT2D eigenvalue weighted by Gasteiger charge is -2.07. The quantitative estimate of drug-likeness (QED) is 0.837. The fraction of sp³-hybridized carbons (Fsp3) is 0.154. The van der Waals surface area contributed by atoms with E-state index < -0.39 is 12.0 Å². The SMILES string of the molecule is NC(Cc1ccc(Oc2ncccn2)cc1)C(=O)O. The Bertz CT molecular complexity index is 543. The van der Waals surface area contributed by atoms with E-state index >= 15 is 0 Å². The molecule has 1 aromatic carbocycles. The summed E-state index contributed by atoms with van der Waals surface area (Å²) in [4.78, 5) is 18.5. The normalized spacial score (nSPS) is 11.8. The van der Waals surface area contributed by atoms with Gasteiger partial charge in [0.2, 0.25) is 0 Å². The zero-order chi connectivity index (χ0) is 13.7. The third-order valence-corrected chi connectivity index (χ3v) is 2.45. The van der Waals surface area contributed by atoms with E-state index in [4.69, 9.17) is 15.6 Å². The minimum Gasteiger partial charge on any atom is -0.480 e. The Morgan fingerprint density at radius 2 is 1.89 bits per heavy atom. The van der Waals surface area contributed by atoms with Gasteiger partial charge in [-0.25, -0.2) is 9.97 Å². The van der Waals surface area contributed by atoms with E-state index in [1.165, 1.54) is 0 Å². The molecule has 2 rings (SSSR count). The minimum absolute atomic E-state index is 0.262. The van der Waals surface area contributed by atoms with Gasteiger partial charge in [-0.05, 0) is 30.2 Å². The highest BCUT2D eigenvalue weighted by molar-refractivity contribution is 5.73. The number of carboxylic acid groups (broad SMARTS) is 1. The number of nitrogens with two attached hydrogens (primary N) is 1. The second-order valence-electron chi connectivity index (χ2n) is 3.93. The van der Waals surface area contributed by atoms with E-state index in [1.807, 2.05) is 0 Å². The van der Waals surface area contributed by atoms with Crippen molar-refractivity contribution in [3.8, 4) is 11.8 Å². The first-order chi connectivity index (χ1) is 9.15. The molecule has 0 fully saturated rings. The van der Waals surface area contributed by atoms with E-state index in [2.05, 4.69) is 9.97 Å². The fourth-order valence-corrected chi connectivity index (χ4v) is 1.48. The Hall–Kier alpha value is -2.47. The number of nitrogens with zero attached hydrogens (tertiary/aromatic N) is 2. The van der Waals surface area contributed by atoms with Gasteiger partial charge in [-0.1, -0.05) is 12.1 Å². The lowest BCUT2D eigenvalue weighted by molar-refractivity contribution is -0.138. The van der Waals surface area contributed by atoms with Gasteiger partial charge < -0.3 is 15.6 Å². The lowest BCUT2D eigenvalue weighted by Crippen LogP contribution is -2.32. The average molecular weight is 259 g/mol. The van der Waals surface area contributed by atoms with Crippen molar-refractivity contribution >= 4 is 5.97 Å². The summed E-state index contributed by atoms with van der Waals surface area (Å²) in [6, 6.07) is 8.04. The first-order valence-electron chi connectivity index (χ1n) is 5.67. The van der Waals surface area contributed by atoms with E-state index in [1.54, 1.807) is 42.7 Å². The number of aliphatic carboxylic acids is 1. The standard InChI is InChI=1S/C13H13N3O3/c14-11(12(17)18)8-9-2-4-10(5-3-9)19-13-15-6-1-7-16-13/h1-7,11H,8,14H2,(H,17,18). The molecule has 1 atom stereocenters. The molecule has 0 saturated carbocycles. The molecule has 0 aliphatic rings. The molecule has 0 aliphatic heterocycles. The molecule has 2 aromatic rings. The number of carboxylic acids is 1. The summed E-state index contributed by atoms with van der Waals surface area (Å²) in [5, 5.41) is 8.73. The Balaban J connectivity index is 2.01. The van der Waals surface area contributed by atoms with Crippen molar-refractivity contribution in [3.05, 3.63) is 48.3 Å². The smallest absolute Gasteiger partial charge is 0.321 e. The third kappa shape index (κ3) is 3.75. The van der Waals surface area contributed by atoms with Crippen LogP contribution in [0.5, 0.6) is 11.8 Å². The number of hydrogen-bond donors (Lipinski definition) is 2. The van der Waals surface area contributed by atoms with Crippen LogP contribution in [0.2, 0.25) is 0 Å². The Labute approximate surface area is 109 Å². The zero-order valence-electron chi connectivity index (χ0n) is 10.1. The molecule has 1 aromatic heterocycles. The van der Waals surface area contributed by atoms with Gasteiger partial charge in [-0.2, -0.15) is 0 Å². The molecule has 0 amide bonds. The molecule has 0 aliphatic carbocycles. The van der Waals surface area contributed by atoms with Crippen LogP contribution in [-0.4, -0.2) is 27.1 Å². The van der Waals surface area contributed by atoms with E-state index in [0.29, 0.717) is 5.75 Å². The van der Waals surface area contributed by atoms with Crippen LogP contribution in [-0.2, 0) is 11.2 Å². The first kappa shape index (κ1) is 13.0. The summed E-state index contributed by atoms with van der Waals surface area (Å²) < 4.78 is 5.42. The van der Waals surface area contributed by atoms with Crippen molar-refractivity contribution < 1.29 is 14.6 Å². The van der Waals surface area contributed by atoms with Crippen LogP contribution < -0.4 is 10.5 Å². The first-order valence-corrected chi connectivity index (χ1v) is 5.67. The largest absolute Gasteiger partial charge is 0.480 e. The van der Waals surface area contributed by atoms with E-state index in [0.717, 1.165) is 5.56 Å². The van der Waals surface area contributed by atoms with Gasteiger partial charge in [-0.15, -0.1) is 0 Å². The number of hydrogen-bond acceptors (Lipinski definition) is 5. The van der Waals surface area contributed by atoms with E-state index in [-0.39, 0.29) is 12.4 Å². The van der Waals surface area contributed by atoms with Gasteiger partial charge in [0, 0.05) is 12.4 Å². The second-order valence-corrected chi connectivity index (χ2v) is 3.93. The maximum Gasteiger partial charge on any atom is 0.321 e. The number of carbonyl (C=O) groups is 1. The molecule has 19 heavy (non-hydrogen) atoms. The number of ether oxygens (including phenoxy) is 1. The van der Waals surface area contributed by atoms with Crippen molar-refractivity contribution in [2.75, 3.05) is 0 Å². The summed E-state index contributed by atoms with van der Waals surface area (Å²) >= 11 is 0. The summed E-state index contributed by atoms with van der Waals surface area (Å²) in [5.74, 6) is -0.433. The molecule has 6 nitrogen and oxygen atoms in total. The highest BCUT2D eigenvalue weighted by Crippen LogP contribution is 2.18. The van der Waals surface area contributed by atoms with Crippen LogP contribution >= 0.6 is 0 Å². The number of aromatic nitrogens is 2. The summed E-state index contributed by atoms with van der Waals surface area (Å²) in [6.07, 6.45) is 3.45. The van der Waals surface area contributed by atoms with Crippen LogP contribution in [0.3, 0.4) is 0 Å². The Morgan fingerprint density at radius 1 is 1.26 bits per heavy atom. The monoisotopic (exact) mass is 259 g/mol. The summed E-state index contributed by atoms with van der Waals surface area (Å²) in [6.45, 7) is 0. The molecule has 0 spiro atoms. The van der Waals surface area contributed by atoms with Crippen molar-refractivity contribution in [1.82, 2.24) is 9.97 Å². The maximum absolute atomic E-state index is 10.6. The van der Waals surface area contributed by atoms with Crippen LogP contribution in [0.1, 0.15) is 5.56 Å². The van der Waals surface area contributed by atoms with Gasteiger partial charge >= 0.3 is 12.0 Å². The molecule has 0 saturated heterocycles. The Kier molecular flexibility index (Phi) is 4.04. The van der Waals surface area contributed by atoms with Crippen molar-refractivity contribution in [1.29, 1.82) is 0 Å². The average Bonchev–Trinajstić information content (AvgIpc) is 2.42. The van der Waals surface area contributed by atoms with Gasteiger partial charge in [0.15, 0.2) is 0 Å². The predicted octanol–water partition coefficient (Wildman–Crippen LogP) is 1.22. The van der Waals surface area contributed by atoms with Crippen molar-refractivity contribution in [2.45, 2.75) is 12.5 Å². The highest BCUT2D eigenvalue weighted by atomic mass is 16.5. The van der Waals surface area contributed by atoms with Crippen molar-refractivity contribution in [2.24, 2.45) is 5.73 Å². The topological polar surface area (TPSA) is 98.3 Å². The molecule has 98 valence electrons.